The van der Waals surface area contributed by atoms with E-state index in [0.29, 0.717) is 0 Å². The molecule has 1 heterocycles. The topological polar surface area (TPSA) is 43.8 Å². The molecule has 0 radical (unpaired) electrons. The van der Waals surface area contributed by atoms with Gasteiger partial charge >= 0.3 is 0 Å². The summed E-state index contributed by atoms with van der Waals surface area (Å²) in [5, 5.41) is 4.63. The van der Waals surface area contributed by atoms with Crippen molar-refractivity contribution in [1.82, 2.24) is 9.78 Å². The zero-order chi connectivity index (χ0) is 14.0. The largest absolute Gasteiger partial charge is 0.324 e. The van der Waals surface area contributed by atoms with E-state index < -0.39 is 0 Å². The molecule has 0 amide bonds. The summed E-state index contributed by atoms with van der Waals surface area (Å²) >= 11 is 0. The van der Waals surface area contributed by atoms with Gasteiger partial charge in [-0.3, -0.25) is 4.68 Å². The van der Waals surface area contributed by atoms with Crippen LogP contribution < -0.4 is 5.73 Å². The van der Waals surface area contributed by atoms with Crippen LogP contribution in [0, 0.1) is 0 Å². The Balaban J connectivity index is 2.51. The molecule has 19 heavy (non-hydrogen) atoms. The first kappa shape index (κ1) is 13.8. The van der Waals surface area contributed by atoms with Crippen LogP contribution in [0.2, 0.25) is 0 Å². The molecule has 0 aliphatic heterocycles. The summed E-state index contributed by atoms with van der Waals surface area (Å²) in [6.07, 6.45) is 1.95. The van der Waals surface area contributed by atoms with Crippen LogP contribution in [-0.4, -0.2) is 9.78 Å². The average Bonchev–Trinajstić information content (AvgIpc) is 2.74. The molecule has 1 aromatic heterocycles. The molecule has 0 bridgehead atoms. The minimum Gasteiger partial charge on any atom is -0.324 e. The zero-order valence-corrected chi connectivity index (χ0v) is 12.3. The standard InChI is InChI=1S/C16H23N3/c1-5-14-16(15(6-2)19(4)18-14)13-9-7-12(8-10-13)11(3)17/h7-11H,5-6,17H2,1-4H3. The lowest BCUT2D eigenvalue weighted by Crippen LogP contribution is -2.04. The van der Waals surface area contributed by atoms with Crippen molar-refractivity contribution in [1.29, 1.82) is 0 Å². The van der Waals surface area contributed by atoms with Crippen LogP contribution in [0.1, 0.15) is 43.8 Å². The van der Waals surface area contributed by atoms with Gasteiger partial charge in [-0.2, -0.15) is 5.10 Å². The maximum atomic E-state index is 5.90. The van der Waals surface area contributed by atoms with E-state index in [1.54, 1.807) is 0 Å². The second-order valence-electron chi connectivity index (χ2n) is 5.01. The molecule has 0 fully saturated rings. The minimum atomic E-state index is 0.0826. The Kier molecular flexibility index (Phi) is 4.05. The number of aromatic nitrogens is 2. The molecule has 2 N–H and O–H groups in total. The zero-order valence-electron chi connectivity index (χ0n) is 12.3. The third kappa shape index (κ3) is 2.56. The number of hydrogen-bond donors (Lipinski definition) is 1. The third-order valence-corrected chi connectivity index (χ3v) is 3.63. The van der Waals surface area contributed by atoms with Crippen molar-refractivity contribution in [3.05, 3.63) is 41.2 Å². The number of benzene rings is 1. The van der Waals surface area contributed by atoms with E-state index in [-0.39, 0.29) is 6.04 Å². The quantitative estimate of drug-likeness (QED) is 0.914. The van der Waals surface area contributed by atoms with Gasteiger partial charge in [0.25, 0.3) is 0 Å². The van der Waals surface area contributed by atoms with Gasteiger partial charge in [0.15, 0.2) is 0 Å². The first-order chi connectivity index (χ1) is 9.08. The summed E-state index contributed by atoms with van der Waals surface area (Å²) in [7, 11) is 2.03. The molecule has 2 aromatic rings. The number of hydrogen-bond acceptors (Lipinski definition) is 2. The van der Waals surface area contributed by atoms with Crippen LogP contribution in [0.5, 0.6) is 0 Å². The molecule has 0 aliphatic rings. The van der Waals surface area contributed by atoms with E-state index in [0.717, 1.165) is 12.8 Å². The summed E-state index contributed by atoms with van der Waals surface area (Å²) in [6.45, 7) is 6.34. The summed E-state index contributed by atoms with van der Waals surface area (Å²) in [4.78, 5) is 0. The molecule has 3 heteroatoms. The first-order valence-corrected chi connectivity index (χ1v) is 6.99. The van der Waals surface area contributed by atoms with Crippen molar-refractivity contribution in [2.45, 2.75) is 39.7 Å². The summed E-state index contributed by atoms with van der Waals surface area (Å²) < 4.78 is 2.01. The summed E-state index contributed by atoms with van der Waals surface area (Å²) in [5.41, 5.74) is 12.1. The lowest BCUT2D eigenvalue weighted by Gasteiger charge is -2.09. The predicted molar refractivity (Wildman–Crippen MR) is 80.0 cm³/mol. The van der Waals surface area contributed by atoms with Crippen molar-refractivity contribution in [3.8, 4) is 11.1 Å². The highest BCUT2D eigenvalue weighted by Gasteiger charge is 2.15. The van der Waals surface area contributed by atoms with Gasteiger partial charge in [0.05, 0.1) is 5.69 Å². The van der Waals surface area contributed by atoms with Gasteiger partial charge in [0.2, 0.25) is 0 Å². The van der Waals surface area contributed by atoms with Gasteiger partial charge in [0.1, 0.15) is 0 Å². The Morgan fingerprint density at radius 1 is 1.16 bits per heavy atom. The molecule has 102 valence electrons. The maximum Gasteiger partial charge on any atom is 0.0703 e. The molecule has 0 saturated carbocycles. The number of aryl methyl sites for hydroxylation is 2. The van der Waals surface area contributed by atoms with Crippen molar-refractivity contribution >= 4 is 0 Å². The van der Waals surface area contributed by atoms with Crippen molar-refractivity contribution in [2.75, 3.05) is 0 Å². The molecule has 3 nitrogen and oxygen atoms in total. The van der Waals surface area contributed by atoms with Crippen LogP contribution in [0.4, 0.5) is 0 Å². The number of rotatable bonds is 4. The molecule has 1 atom stereocenters. The highest BCUT2D eigenvalue weighted by molar-refractivity contribution is 5.69. The lowest BCUT2D eigenvalue weighted by atomic mass is 9.98. The van der Waals surface area contributed by atoms with E-state index in [4.69, 9.17) is 5.73 Å². The normalized spacial score (nSPS) is 12.7. The Morgan fingerprint density at radius 2 is 1.79 bits per heavy atom. The SMILES string of the molecule is CCc1nn(C)c(CC)c1-c1ccc(C(C)N)cc1. The van der Waals surface area contributed by atoms with Crippen LogP contribution in [0.25, 0.3) is 11.1 Å². The van der Waals surface area contributed by atoms with Gasteiger partial charge in [-0.05, 0) is 30.9 Å². The number of nitrogens with two attached hydrogens (primary N) is 1. The maximum absolute atomic E-state index is 5.90. The van der Waals surface area contributed by atoms with Crippen molar-refractivity contribution in [2.24, 2.45) is 12.8 Å². The van der Waals surface area contributed by atoms with Gasteiger partial charge in [-0.15, -0.1) is 0 Å². The molecular weight excluding hydrogens is 234 g/mol. The average molecular weight is 257 g/mol. The second-order valence-corrected chi connectivity index (χ2v) is 5.01. The van der Waals surface area contributed by atoms with E-state index in [1.165, 1.54) is 28.1 Å². The Hall–Kier alpha value is -1.61. The smallest absolute Gasteiger partial charge is 0.0703 e. The molecule has 0 spiro atoms. The molecule has 2 rings (SSSR count). The fourth-order valence-electron chi connectivity index (χ4n) is 2.56. The predicted octanol–water partition coefficient (Wildman–Crippen LogP) is 3.23. The lowest BCUT2D eigenvalue weighted by molar-refractivity contribution is 0.705. The monoisotopic (exact) mass is 257 g/mol. The van der Waals surface area contributed by atoms with Gasteiger partial charge in [-0.1, -0.05) is 38.1 Å². The second kappa shape index (κ2) is 5.57. The van der Waals surface area contributed by atoms with E-state index in [2.05, 4.69) is 43.2 Å². The minimum absolute atomic E-state index is 0.0826. The number of nitrogens with zero attached hydrogens (tertiary/aromatic N) is 2. The first-order valence-electron chi connectivity index (χ1n) is 6.99. The molecule has 0 aliphatic carbocycles. The highest BCUT2D eigenvalue weighted by Crippen LogP contribution is 2.29. The van der Waals surface area contributed by atoms with E-state index >= 15 is 0 Å². The van der Waals surface area contributed by atoms with Crippen LogP contribution >= 0.6 is 0 Å². The van der Waals surface area contributed by atoms with E-state index in [9.17, 15) is 0 Å². The Morgan fingerprint density at radius 3 is 2.26 bits per heavy atom. The van der Waals surface area contributed by atoms with Gasteiger partial charge < -0.3 is 5.73 Å². The highest BCUT2D eigenvalue weighted by atomic mass is 15.3. The van der Waals surface area contributed by atoms with Gasteiger partial charge in [0, 0.05) is 24.3 Å². The summed E-state index contributed by atoms with van der Waals surface area (Å²) in [5.74, 6) is 0. The van der Waals surface area contributed by atoms with Crippen molar-refractivity contribution < 1.29 is 0 Å². The van der Waals surface area contributed by atoms with E-state index in [1.807, 2.05) is 18.7 Å². The van der Waals surface area contributed by atoms with Crippen LogP contribution in [0.3, 0.4) is 0 Å². The van der Waals surface area contributed by atoms with Crippen molar-refractivity contribution in [3.63, 3.8) is 0 Å². The van der Waals surface area contributed by atoms with Crippen LogP contribution in [0.15, 0.2) is 24.3 Å². The molecular formula is C16H23N3. The molecule has 1 unspecified atom stereocenters. The fraction of sp³-hybridized carbons (Fsp3) is 0.438. The Labute approximate surface area is 115 Å². The van der Waals surface area contributed by atoms with Gasteiger partial charge in [-0.25, -0.2) is 0 Å². The summed E-state index contributed by atoms with van der Waals surface area (Å²) in [6, 6.07) is 8.64. The van der Waals surface area contributed by atoms with Crippen LogP contribution in [-0.2, 0) is 19.9 Å². The fourth-order valence-corrected chi connectivity index (χ4v) is 2.56. The Bertz CT molecular complexity index is 550. The molecule has 1 aromatic carbocycles. The third-order valence-electron chi connectivity index (χ3n) is 3.63. The molecule has 0 saturated heterocycles.